The van der Waals surface area contributed by atoms with Crippen LogP contribution in [0.25, 0.3) is 22.0 Å². The van der Waals surface area contributed by atoms with Gasteiger partial charge in [0.2, 0.25) is 0 Å². The molecule has 0 aliphatic heterocycles. The Morgan fingerprint density at radius 2 is 1.54 bits per heavy atom. The van der Waals surface area contributed by atoms with Crippen LogP contribution < -0.4 is 0 Å². The Kier molecular flexibility index (Phi) is 7.12. The van der Waals surface area contributed by atoms with E-state index in [4.69, 9.17) is 4.74 Å². The smallest absolute Gasteiger partial charge is 0.384 e. The van der Waals surface area contributed by atoms with Gasteiger partial charge in [-0.05, 0) is 65.6 Å². The van der Waals surface area contributed by atoms with Gasteiger partial charge in [0.1, 0.15) is 23.0 Å². The van der Waals surface area contributed by atoms with E-state index in [1.807, 2.05) is 18.2 Å². The number of benzene rings is 3. The predicted octanol–water partition coefficient (Wildman–Crippen LogP) is 7.31. The zero-order valence-corrected chi connectivity index (χ0v) is 18.7. The number of ether oxygens (including phenoxy) is 1. The molecule has 8 heteroatoms. The number of fused-ring (bicyclic) bond motifs is 1. The summed E-state index contributed by atoms with van der Waals surface area (Å²) in [5, 5.41) is 1.02. The topological polar surface area (TPSA) is 22.1 Å². The van der Waals surface area contributed by atoms with Gasteiger partial charge in [-0.15, -0.1) is 0 Å². The largest absolute Gasteiger partial charge is 0.422 e. The van der Waals surface area contributed by atoms with Gasteiger partial charge in [0.05, 0.1) is 12.3 Å². The molecule has 0 N–H and O–H groups in total. The molecule has 182 valence electrons. The van der Waals surface area contributed by atoms with Crippen LogP contribution >= 0.6 is 0 Å². The number of rotatable bonds is 7. The van der Waals surface area contributed by atoms with Crippen molar-refractivity contribution in [2.24, 2.45) is 0 Å². The Morgan fingerprint density at radius 3 is 2.17 bits per heavy atom. The third-order valence-electron chi connectivity index (χ3n) is 5.82. The molecule has 0 atom stereocenters. The lowest BCUT2D eigenvalue weighted by Crippen LogP contribution is -2.12. The van der Waals surface area contributed by atoms with Crippen molar-refractivity contribution < 1.29 is 31.1 Å². The van der Waals surface area contributed by atoms with Crippen LogP contribution in [-0.2, 0) is 30.2 Å². The number of aromatic nitrogens is 1. The Bertz CT molecular complexity index is 1330. The fraction of sp³-hybridized carbons (Fsp3) is 0.222. The van der Waals surface area contributed by atoms with Crippen molar-refractivity contribution in [3.63, 3.8) is 0 Å². The van der Waals surface area contributed by atoms with Gasteiger partial charge in [0.25, 0.3) is 0 Å². The van der Waals surface area contributed by atoms with Gasteiger partial charge in [-0.25, -0.2) is 13.2 Å². The maximum atomic E-state index is 15.1. The summed E-state index contributed by atoms with van der Waals surface area (Å²) in [5.41, 5.74) is 0.991. The van der Waals surface area contributed by atoms with E-state index in [0.29, 0.717) is 35.1 Å². The van der Waals surface area contributed by atoms with Crippen molar-refractivity contribution in [3.05, 3.63) is 100 Å². The van der Waals surface area contributed by atoms with Gasteiger partial charge < -0.3 is 4.74 Å². The highest BCUT2D eigenvalue weighted by Crippen LogP contribution is 2.34. The van der Waals surface area contributed by atoms with Crippen molar-refractivity contribution in [3.8, 4) is 11.3 Å². The summed E-state index contributed by atoms with van der Waals surface area (Å²) in [5.74, 6) is -3.84. The molecule has 0 fully saturated rings. The van der Waals surface area contributed by atoms with Crippen LogP contribution in [0.15, 0.2) is 60.8 Å². The van der Waals surface area contributed by atoms with Gasteiger partial charge >= 0.3 is 6.18 Å². The quantitative estimate of drug-likeness (QED) is 0.254. The van der Waals surface area contributed by atoms with Gasteiger partial charge in [0, 0.05) is 24.3 Å². The molecule has 0 saturated carbocycles. The van der Waals surface area contributed by atoms with E-state index in [-0.39, 0.29) is 18.4 Å². The van der Waals surface area contributed by atoms with E-state index in [0.717, 1.165) is 23.2 Å². The molecule has 3 aromatic carbocycles. The second kappa shape index (κ2) is 10.1. The first-order valence-corrected chi connectivity index (χ1v) is 10.9. The number of halogens is 6. The SMILES string of the molecule is COCCc1ccc(-c2ccc3c(F)c(CCc4cc(F)c(C(F)(F)F)c(F)c4)ccc3c2)nc1. The summed E-state index contributed by atoms with van der Waals surface area (Å²) in [6.07, 6.45) is -2.56. The fourth-order valence-corrected chi connectivity index (χ4v) is 3.97. The van der Waals surface area contributed by atoms with Gasteiger partial charge in [-0.1, -0.05) is 30.3 Å². The van der Waals surface area contributed by atoms with E-state index in [2.05, 4.69) is 4.98 Å². The lowest BCUT2D eigenvalue weighted by Gasteiger charge is -2.12. The predicted molar refractivity (Wildman–Crippen MR) is 121 cm³/mol. The lowest BCUT2D eigenvalue weighted by molar-refractivity contribution is -0.142. The fourth-order valence-electron chi connectivity index (χ4n) is 3.97. The monoisotopic (exact) mass is 489 g/mol. The van der Waals surface area contributed by atoms with Crippen molar-refractivity contribution >= 4 is 10.8 Å². The molecule has 0 aliphatic rings. The Hall–Kier alpha value is -3.39. The van der Waals surface area contributed by atoms with Gasteiger partial charge in [-0.2, -0.15) is 13.2 Å². The normalized spacial score (nSPS) is 11.9. The second-order valence-electron chi connectivity index (χ2n) is 8.20. The molecule has 4 rings (SSSR count). The number of hydrogen-bond acceptors (Lipinski definition) is 2. The number of aryl methyl sites for hydroxylation is 2. The highest BCUT2D eigenvalue weighted by atomic mass is 19.4. The van der Waals surface area contributed by atoms with E-state index in [1.165, 1.54) is 0 Å². The summed E-state index contributed by atoms with van der Waals surface area (Å²) in [6, 6.07) is 13.7. The van der Waals surface area contributed by atoms with E-state index >= 15 is 4.39 Å². The van der Waals surface area contributed by atoms with Gasteiger partial charge in [-0.3, -0.25) is 4.98 Å². The number of hydrogen-bond donors (Lipinski definition) is 0. The number of nitrogens with zero attached hydrogens (tertiary/aromatic N) is 1. The summed E-state index contributed by atoms with van der Waals surface area (Å²) in [4.78, 5) is 4.47. The second-order valence-corrected chi connectivity index (χ2v) is 8.20. The summed E-state index contributed by atoms with van der Waals surface area (Å²) in [6.45, 7) is 0.599. The molecule has 2 nitrogen and oxygen atoms in total. The number of methoxy groups -OCH3 is 1. The maximum Gasteiger partial charge on any atom is 0.422 e. The molecule has 1 aromatic heterocycles. The lowest BCUT2D eigenvalue weighted by atomic mass is 9.97. The highest BCUT2D eigenvalue weighted by Gasteiger charge is 2.37. The van der Waals surface area contributed by atoms with E-state index in [1.54, 1.807) is 37.6 Å². The van der Waals surface area contributed by atoms with Crippen LogP contribution in [0.2, 0.25) is 0 Å². The minimum atomic E-state index is -5.13. The first-order chi connectivity index (χ1) is 16.7. The van der Waals surface area contributed by atoms with Crippen molar-refractivity contribution in [1.29, 1.82) is 0 Å². The molecule has 0 aliphatic carbocycles. The van der Waals surface area contributed by atoms with Crippen LogP contribution in [0.1, 0.15) is 22.3 Å². The molecular weight excluding hydrogens is 468 g/mol. The zero-order chi connectivity index (χ0) is 25.2. The molecule has 0 bridgehead atoms. The third kappa shape index (κ3) is 5.48. The minimum Gasteiger partial charge on any atom is -0.384 e. The Morgan fingerprint density at radius 1 is 0.800 bits per heavy atom. The Labute approximate surface area is 198 Å². The number of alkyl halides is 3. The molecule has 0 unspecified atom stereocenters. The average Bonchev–Trinajstić information content (AvgIpc) is 2.81. The van der Waals surface area contributed by atoms with Crippen molar-refractivity contribution in [1.82, 2.24) is 4.98 Å². The van der Waals surface area contributed by atoms with E-state index < -0.39 is 29.2 Å². The summed E-state index contributed by atoms with van der Waals surface area (Å²) in [7, 11) is 1.63. The zero-order valence-electron chi connectivity index (χ0n) is 18.7. The highest BCUT2D eigenvalue weighted by molar-refractivity contribution is 5.88. The molecule has 1 heterocycles. The van der Waals surface area contributed by atoms with Crippen LogP contribution in [0, 0.1) is 17.5 Å². The maximum absolute atomic E-state index is 15.1. The molecule has 0 saturated heterocycles. The minimum absolute atomic E-state index is 0.0165. The molecule has 0 radical (unpaired) electrons. The van der Waals surface area contributed by atoms with E-state index in [9.17, 15) is 22.0 Å². The van der Waals surface area contributed by atoms with Crippen molar-refractivity contribution in [2.45, 2.75) is 25.4 Å². The van der Waals surface area contributed by atoms with Crippen LogP contribution in [0.5, 0.6) is 0 Å². The van der Waals surface area contributed by atoms with Crippen molar-refractivity contribution in [2.75, 3.05) is 13.7 Å². The first kappa shape index (κ1) is 24.7. The summed E-state index contributed by atoms with van der Waals surface area (Å²) >= 11 is 0. The number of pyridine rings is 1. The van der Waals surface area contributed by atoms with Gasteiger partial charge in [0.15, 0.2) is 0 Å². The molecule has 0 spiro atoms. The van der Waals surface area contributed by atoms with Crippen LogP contribution in [-0.4, -0.2) is 18.7 Å². The average molecular weight is 489 g/mol. The molecule has 35 heavy (non-hydrogen) atoms. The van der Waals surface area contributed by atoms with Crippen LogP contribution in [0.3, 0.4) is 0 Å². The standard InChI is InChI=1S/C27H21F6NO/c1-35-11-10-16-3-9-24(34-15-16)20-7-8-21-19(14-20)6-5-18(26(21)30)4-2-17-12-22(28)25(23(29)13-17)27(31,32)33/h3,5-9,12-15H,2,4,10-11H2,1H3. The van der Waals surface area contributed by atoms with Crippen LogP contribution in [0.4, 0.5) is 26.3 Å². The molecule has 0 amide bonds. The molecular formula is C27H21F6NO. The third-order valence-corrected chi connectivity index (χ3v) is 5.82. The summed E-state index contributed by atoms with van der Waals surface area (Å²) < 4.78 is 86.1. The first-order valence-electron chi connectivity index (χ1n) is 10.9. The molecule has 4 aromatic rings. The Balaban J connectivity index is 1.53.